The van der Waals surface area contributed by atoms with E-state index in [-0.39, 0.29) is 32.5 Å². The quantitative estimate of drug-likeness (QED) is 0.127. The SMILES string of the molecule is CCOc1c2cc(C(C)(C)C)cc1Cc1cc(C(C)(C)C)cc(c1OCC)Cc1cc(C(C)(C)C)cc3c1OCc1cc(cc(N=Cc4ccccc4)c1)COc1c(cc(C(C)(C)C)cc1C3)Cc1cc(C(C)(C)C)cc(c1OCC)Cc1cc(C(C)(C)C)cc(c1OCC)C2. The van der Waals surface area contributed by atoms with E-state index in [1.54, 1.807) is 0 Å². The van der Waals surface area contributed by atoms with Crippen LogP contribution in [0, 0.1) is 0 Å². The molecule has 0 fully saturated rings. The van der Waals surface area contributed by atoms with Crippen molar-refractivity contribution >= 4 is 11.9 Å². The van der Waals surface area contributed by atoms with Crippen LogP contribution < -0.4 is 28.4 Å². The lowest BCUT2D eigenvalue weighted by atomic mass is 9.79. The summed E-state index contributed by atoms with van der Waals surface area (Å²) in [7, 11) is 0. The standard InChI is InChI=1S/C89H111NO6/c1-23-91-78-59-35-60-42-72(85(8,9)10)44-62(79(60)92-24-2)37-64-46-74(87(14,15)16)48-66(81(64)94-26-4)39-68-50-76(89(20,21)22)52-70-40-69-51-75(88(17,18)19)49-67(82(69)95-54-57-32-58(55-96-83(68)70)34-77(33-57)90-53-56-30-28-27-29-31-56)38-65-47-73(86(11,12)13)45-63(80(65)93-25-3)36-61(78)43-71(41-59)84(5,6)7/h27-34,41-53H,23-26,35-40,54-55H2,1-22H3. The average Bonchev–Trinajstić information content (AvgIpc) is 0.774. The molecule has 0 N–H and O–H groups in total. The molecule has 0 saturated carbocycles. The molecule has 0 atom stereocenters. The minimum Gasteiger partial charge on any atom is -0.493 e. The molecule has 0 spiro atoms. The van der Waals surface area contributed by atoms with Crippen LogP contribution in [0.15, 0.2) is 126 Å². The minimum absolute atomic E-state index is 0.185. The van der Waals surface area contributed by atoms with Crippen LogP contribution in [0.5, 0.6) is 34.5 Å². The largest absolute Gasteiger partial charge is 0.493 e. The van der Waals surface area contributed by atoms with Crippen molar-refractivity contribution in [3.8, 4) is 34.5 Å². The summed E-state index contributed by atoms with van der Waals surface area (Å²) < 4.78 is 43.6. The second-order valence-corrected chi connectivity index (χ2v) is 33.3. The van der Waals surface area contributed by atoms with Crippen molar-refractivity contribution in [2.24, 2.45) is 4.99 Å². The Hall–Kier alpha value is -7.77. The Balaban J connectivity index is 1.36. The maximum Gasteiger partial charge on any atom is 0.126 e. The second-order valence-electron chi connectivity index (χ2n) is 33.3. The molecule has 16 bridgehead atoms. The molecule has 0 unspecified atom stereocenters. The molecule has 7 nitrogen and oxygen atoms in total. The normalized spacial score (nSPS) is 14.1. The van der Waals surface area contributed by atoms with E-state index in [4.69, 9.17) is 33.4 Å². The van der Waals surface area contributed by atoms with E-state index in [9.17, 15) is 0 Å². The van der Waals surface area contributed by atoms with E-state index in [2.05, 4.69) is 268 Å². The van der Waals surface area contributed by atoms with Crippen LogP contribution in [0.4, 0.5) is 5.69 Å². The third-order valence-electron chi connectivity index (χ3n) is 19.1. The molecule has 8 aromatic carbocycles. The number of hydrogen-bond acceptors (Lipinski definition) is 7. The van der Waals surface area contributed by atoms with Gasteiger partial charge in [-0.25, -0.2) is 0 Å². The zero-order valence-electron chi connectivity index (χ0n) is 62.5. The van der Waals surface area contributed by atoms with Gasteiger partial charge < -0.3 is 28.4 Å². The van der Waals surface area contributed by atoms with Gasteiger partial charge in [-0.1, -0.05) is 228 Å². The first-order chi connectivity index (χ1) is 45.1. The maximum atomic E-state index is 7.58. The summed E-state index contributed by atoms with van der Waals surface area (Å²) in [5.74, 6) is 5.41. The molecule has 7 heteroatoms. The van der Waals surface area contributed by atoms with Gasteiger partial charge in [-0.15, -0.1) is 0 Å². The maximum absolute atomic E-state index is 7.58. The fourth-order valence-electron chi connectivity index (χ4n) is 13.6. The lowest BCUT2D eigenvalue weighted by Crippen LogP contribution is -2.18. The Morgan fingerprint density at radius 1 is 0.312 bits per heavy atom. The third-order valence-corrected chi connectivity index (χ3v) is 19.1. The molecule has 8 aromatic rings. The molecule has 0 saturated heterocycles. The van der Waals surface area contributed by atoms with Gasteiger partial charge in [-0.2, -0.15) is 0 Å². The van der Waals surface area contributed by atoms with Crippen LogP contribution in [-0.2, 0) is 84.2 Å². The molecular weight excluding hydrogens is 1180 g/mol. The van der Waals surface area contributed by atoms with E-state index in [1.165, 1.54) is 33.4 Å². The van der Waals surface area contributed by atoms with E-state index in [1.807, 2.05) is 12.3 Å². The van der Waals surface area contributed by atoms with Gasteiger partial charge in [0.2, 0.25) is 0 Å². The fourth-order valence-corrected chi connectivity index (χ4v) is 13.6. The van der Waals surface area contributed by atoms with Crippen molar-refractivity contribution in [3.63, 3.8) is 0 Å². The first kappa shape index (κ1) is 71.0. The first-order valence-corrected chi connectivity index (χ1v) is 35.6. The summed E-state index contributed by atoms with van der Waals surface area (Å²) in [6.07, 6.45) is 5.42. The minimum atomic E-state index is -0.218. The summed E-state index contributed by atoms with van der Waals surface area (Å²) in [6, 6.07) is 45.9. The van der Waals surface area contributed by atoms with Gasteiger partial charge in [0.15, 0.2) is 0 Å². The number of ether oxygens (including phenoxy) is 6. The summed E-state index contributed by atoms with van der Waals surface area (Å²) in [5.41, 5.74) is 23.6. The van der Waals surface area contributed by atoms with E-state index in [0.717, 1.165) is 124 Å². The Morgan fingerprint density at radius 2 is 0.542 bits per heavy atom. The molecule has 10 rings (SSSR count). The first-order valence-electron chi connectivity index (χ1n) is 35.6. The van der Waals surface area contributed by atoms with Gasteiger partial charge in [0.05, 0.1) is 32.1 Å². The Labute approximate surface area is 577 Å². The van der Waals surface area contributed by atoms with Crippen LogP contribution in [-0.4, -0.2) is 32.6 Å². The lowest BCUT2D eigenvalue weighted by Gasteiger charge is -2.29. The zero-order valence-corrected chi connectivity index (χ0v) is 62.5. The highest BCUT2D eigenvalue weighted by molar-refractivity contribution is 5.82. The number of rotatable bonds is 10. The summed E-state index contributed by atoms with van der Waals surface area (Å²) in [4.78, 5) is 5.14. The third kappa shape index (κ3) is 16.4. The van der Waals surface area contributed by atoms with Gasteiger partial charge in [0.25, 0.3) is 0 Å². The zero-order chi connectivity index (χ0) is 69.5. The molecule has 1 aliphatic carbocycles. The number of benzene rings is 8. The molecule has 508 valence electrons. The molecule has 1 heterocycles. The Bertz CT molecular complexity index is 3920. The highest BCUT2D eigenvalue weighted by Gasteiger charge is 2.32. The monoisotopic (exact) mass is 1290 g/mol. The van der Waals surface area contributed by atoms with Crippen molar-refractivity contribution in [3.05, 3.63) is 238 Å². The van der Waals surface area contributed by atoms with Crippen LogP contribution in [0.1, 0.15) is 269 Å². The van der Waals surface area contributed by atoms with E-state index in [0.29, 0.717) is 78.2 Å². The summed E-state index contributed by atoms with van der Waals surface area (Å²) in [6.45, 7) is 53.1. The highest BCUT2D eigenvalue weighted by atomic mass is 16.5. The molecule has 0 aromatic heterocycles. The molecule has 0 radical (unpaired) electrons. The summed E-state index contributed by atoms with van der Waals surface area (Å²) >= 11 is 0. The molecule has 2 aliphatic rings. The van der Waals surface area contributed by atoms with Gasteiger partial charge in [0.1, 0.15) is 47.7 Å². The Kier molecular flexibility index (Phi) is 20.7. The predicted octanol–water partition coefficient (Wildman–Crippen LogP) is 22.1. The van der Waals surface area contributed by atoms with Crippen LogP contribution >= 0.6 is 0 Å². The summed E-state index contributed by atoms with van der Waals surface area (Å²) in [5, 5.41) is 0. The highest BCUT2D eigenvalue weighted by Crippen LogP contribution is 2.47. The fraction of sp³-hybridized carbons (Fsp3) is 0.449. The van der Waals surface area contributed by atoms with E-state index >= 15 is 0 Å². The van der Waals surface area contributed by atoms with Gasteiger partial charge in [-0.3, -0.25) is 4.99 Å². The van der Waals surface area contributed by atoms with Gasteiger partial charge in [0, 0.05) is 44.7 Å². The number of nitrogens with zero attached hydrogens (tertiary/aromatic N) is 1. The van der Waals surface area contributed by atoms with Crippen molar-refractivity contribution in [1.82, 2.24) is 0 Å². The molecular formula is C89H111NO6. The average molecular weight is 1290 g/mol. The Morgan fingerprint density at radius 3 is 0.781 bits per heavy atom. The topological polar surface area (TPSA) is 67.7 Å². The van der Waals surface area contributed by atoms with Crippen molar-refractivity contribution in [1.29, 1.82) is 0 Å². The second kappa shape index (κ2) is 28.0. The smallest absolute Gasteiger partial charge is 0.126 e. The number of fused-ring (bicyclic) bond motifs is 10. The van der Waals surface area contributed by atoms with Gasteiger partial charge >= 0.3 is 0 Å². The van der Waals surface area contributed by atoms with Gasteiger partial charge in [-0.05, 0) is 195 Å². The van der Waals surface area contributed by atoms with Crippen LogP contribution in [0.3, 0.4) is 0 Å². The number of hydrogen-bond donors (Lipinski definition) is 0. The number of aliphatic imine (C=N–C) groups is 1. The predicted molar refractivity (Wildman–Crippen MR) is 401 cm³/mol. The van der Waals surface area contributed by atoms with Crippen molar-refractivity contribution in [2.45, 2.75) is 237 Å². The van der Waals surface area contributed by atoms with Crippen LogP contribution in [0.2, 0.25) is 0 Å². The molecule has 96 heavy (non-hydrogen) atoms. The van der Waals surface area contributed by atoms with Crippen molar-refractivity contribution < 1.29 is 28.4 Å². The van der Waals surface area contributed by atoms with Crippen LogP contribution in [0.25, 0.3) is 0 Å². The van der Waals surface area contributed by atoms with Crippen molar-refractivity contribution in [2.75, 3.05) is 26.4 Å². The molecule has 1 aliphatic heterocycles. The molecule has 0 amide bonds. The van der Waals surface area contributed by atoms with E-state index < -0.39 is 0 Å². The lowest BCUT2D eigenvalue weighted by molar-refractivity contribution is 0.290.